The minimum atomic E-state index is -0.0390. The highest BCUT2D eigenvalue weighted by Crippen LogP contribution is 2.22. The van der Waals surface area contributed by atoms with Gasteiger partial charge in [-0.3, -0.25) is 14.2 Å². The Kier molecular flexibility index (Phi) is 4.32. The molecule has 23 heavy (non-hydrogen) atoms. The lowest BCUT2D eigenvalue weighted by Crippen LogP contribution is -2.38. The molecule has 0 radical (unpaired) electrons. The van der Waals surface area contributed by atoms with E-state index in [1.165, 1.54) is 0 Å². The molecule has 0 unspecified atom stereocenters. The molecule has 1 fully saturated rings. The predicted octanol–water partition coefficient (Wildman–Crippen LogP) is 1.66. The van der Waals surface area contributed by atoms with Crippen molar-refractivity contribution in [3.8, 4) is 5.75 Å². The van der Waals surface area contributed by atoms with E-state index in [9.17, 15) is 9.59 Å². The fourth-order valence-electron chi connectivity index (χ4n) is 3.17. The van der Waals surface area contributed by atoms with E-state index in [-0.39, 0.29) is 11.5 Å². The molecule has 2 aromatic rings. The Hall–Kier alpha value is -2.37. The van der Waals surface area contributed by atoms with Gasteiger partial charge in [-0.25, -0.2) is 4.98 Å². The van der Waals surface area contributed by atoms with E-state index in [4.69, 9.17) is 4.74 Å². The summed E-state index contributed by atoms with van der Waals surface area (Å²) >= 11 is 0. The minimum absolute atomic E-state index is 0.0390. The summed E-state index contributed by atoms with van der Waals surface area (Å²) in [4.78, 5) is 30.3. The molecule has 0 N–H and O–H groups in total. The molecule has 6 nitrogen and oxygen atoms in total. The van der Waals surface area contributed by atoms with Crippen LogP contribution in [0, 0.1) is 5.92 Å². The largest absolute Gasteiger partial charge is 0.494 e. The Labute approximate surface area is 134 Å². The number of hydrogen-bond acceptors (Lipinski definition) is 4. The third-order valence-corrected chi connectivity index (χ3v) is 4.55. The van der Waals surface area contributed by atoms with Gasteiger partial charge in [-0.05, 0) is 30.9 Å². The molecule has 1 aromatic carbocycles. The first kappa shape index (κ1) is 15.5. The molecule has 0 aliphatic carbocycles. The summed E-state index contributed by atoms with van der Waals surface area (Å²) in [6.45, 7) is 3.78. The van der Waals surface area contributed by atoms with Gasteiger partial charge in [0.1, 0.15) is 11.3 Å². The first-order valence-electron chi connectivity index (χ1n) is 7.88. The van der Waals surface area contributed by atoms with Gasteiger partial charge in [0, 0.05) is 26.6 Å². The van der Waals surface area contributed by atoms with E-state index in [0.29, 0.717) is 29.1 Å². The number of likely N-dealkylation sites (tertiary alicyclic amines) is 1. The van der Waals surface area contributed by atoms with E-state index in [1.54, 1.807) is 43.1 Å². The van der Waals surface area contributed by atoms with Crippen LogP contribution in [0.15, 0.2) is 29.3 Å². The minimum Gasteiger partial charge on any atom is -0.494 e. The van der Waals surface area contributed by atoms with Crippen LogP contribution in [0.1, 0.15) is 19.8 Å². The summed E-state index contributed by atoms with van der Waals surface area (Å²) in [6.07, 6.45) is 3.44. The first-order chi connectivity index (χ1) is 11.1. The summed E-state index contributed by atoms with van der Waals surface area (Å²) < 4.78 is 6.93. The summed E-state index contributed by atoms with van der Waals surface area (Å²) in [7, 11) is 1.57. The van der Waals surface area contributed by atoms with Crippen LogP contribution in [-0.4, -0.2) is 40.6 Å². The molecule has 0 atom stereocenters. The normalized spacial score (nSPS) is 15.8. The Balaban J connectivity index is 1.81. The molecule has 122 valence electrons. The number of carbonyl (C=O) groups excluding carboxylic acids is 1. The zero-order valence-corrected chi connectivity index (χ0v) is 13.5. The number of amides is 1. The fourth-order valence-corrected chi connectivity index (χ4v) is 3.17. The maximum Gasteiger partial charge on any atom is 0.261 e. The Morgan fingerprint density at radius 1 is 1.35 bits per heavy atom. The highest BCUT2D eigenvalue weighted by Gasteiger charge is 2.21. The van der Waals surface area contributed by atoms with Gasteiger partial charge in [-0.15, -0.1) is 0 Å². The van der Waals surface area contributed by atoms with Crippen molar-refractivity contribution < 1.29 is 9.53 Å². The van der Waals surface area contributed by atoms with Crippen LogP contribution in [0.25, 0.3) is 10.9 Å². The molecule has 2 heterocycles. The molecule has 6 heteroatoms. The number of para-hydroxylation sites is 1. The highest BCUT2D eigenvalue weighted by molar-refractivity contribution is 5.83. The third kappa shape index (κ3) is 3.06. The fraction of sp³-hybridized carbons (Fsp3) is 0.471. The van der Waals surface area contributed by atoms with Crippen molar-refractivity contribution >= 4 is 16.8 Å². The average Bonchev–Trinajstić information content (AvgIpc) is 2.57. The van der Waals surface area contributed by atoms with Crippen LogP contribution in [0.4, 0.5) is 0 Å². The van der Waals surface area contributed by atoms with E-state index in [0.717, 1.165) is 25.9 Å². The van der Waals surface area contributed by atoms with Crippen LogP contribution < -0.4 is 10.3 Å². The molecule has 1 aromatic heterocycles. The lowest BCUT2D eigenvalue weighted by Gasteiger charge is -2.31. The van der Waals surface area contributed by atoms with Gasteiger partial charge in [0.15, 0.2) is 0 Å². The van der Waals surface area contributed by atoms with Gasteiger partial charge in [0.2, 0.25) is 5.91 Å². The highest BCUT2D eigenvalue weighted by atomic mass is 16.5. The van der Waals surface area contributed by atoms with E-state index in [1.807, 2.05) is 4.90 Å². The van der Waals surface area contributed by atoms with Crippen LogP contribution in [0.3, 0.4) is 0 Å². The van der Waals surface area contributed by atoms with E-state index < -0.39 is 0 Å². The Morgan fingerprint density at radius 2 is 2.09 bits per heavy atom. The van der Waals surface area contributed by atoms with Crippen molar-refractivity contribution in [3.05, 3.63) is 34.9 Å². The number of benzene rings is 1. The van der Waals surface area contributed by atoms with Gasteiger partial charge >= 0.3 is 0 Å². The average molecular weight is 315 g/mol. The van der Waals surface area contributed by atoms with Crippen molar-refractivity contribution in [1.82, 2.24) is 14.5 Å². The number of aromatic nitrogens is 2. The molecular weight excluding hydrogens is 294 g/mol. The Bertz CT molecular complexity index is 776. The molecule has 3 rings (SSSR count). The number of methoxy groups -OCH3 is 1. The zero-order valence-electron chi connectivity index (χ0n) is 13.5. The molecule has 1 amide bonds. The SMILES string of the molecule is COc1cccc2c(=O)n(CC3CCN(C(C)=O)CC3)cnc12. The molecule has 0 saturated carbocycles. The zero-order chi connectivity index (χ0) is 16.4. The van der Waals surface area contributed by atoms with Gasteiger partial charge in [0.25, 0.3) is 5.56 Å². The van der Waals surface area contributed by atoms with Crippen molar-refractivity contribution in [1.29, 1.82) is 0 Å². The monoisotopic (exact) mass is 315 g/mol. The number of fused-ring (bicyclic) bond motifs is 1. The summed E-state index contributed by atoms with van der Waals surface area (Å²) in [5, 5.41) is 0.577. The van der Waals surface area contributed by atoms with Crippen LogP contribution in [0.2, 0.25) is 0 Å². The van der Waals surface area contributed by atoms with Gasteiger partial charge in [-0.1, -0.05) is 6.07 Å². The second kappa shape index (κ2) is 6.40. The molecule has 1 aliphatic rings. The van der Waals surface area contributed by atoms with Gasteiger partial charge < -0.3 is 9.64 Å². The van der Waals surface area contributed by atoms with E-state index in [2.05, 4.69) is 4.98 Å². The second-order valence-corrected chi connectivity index (χ2v) is 6.01. The number of piperidine rings is 1. The maximum atomic E-state index is 12.6. The van der Waals surface area contributed by atoms with Crippen molar-refractivity contribution in [3.63, 3.8) is 0 Å². The molecule has 0 spiro atoms. The van der Waals surface area contributed by atoms with E-state index >= 15 is 0 Å². The molecule has 0 bridgehead atoms. The molecular formula is C17H21N3O3. The Morgan fingerprint density at radius 3 is 2.74 bits per heavy atom. The third-order valence-electron chi connectivity index (χ3n) is 4.55. The predicted molar refractivity (Wildman–Crippen MR) is 87.5 cm³/mol. The number of rotatable bonds is 3. The van der Waals surface area contributed by atoms with Gasteiger partial charge in [0.05, 0.1) is 18.8 Å². The van der Waals surface area contributed by atoms with Crippen LogP contribution in [-0.2, 0) is 11.3 Å². The van der Waals surface area contributed by atoms with Crippen LogP contribution >= 0.6 is 0 Å². The lowest BCUT2D eigenvalue weighted by molar-refractivity contribution is -0.130. The van der Waals surface area contributed by atoms with Crippen molar-refractivity contribution in [2.75, 3.05) is 20.2 Å². The van der Waals surface area contributed by atoms with Crippen LogP contribution in [0.5, 0.6) is 5.75 Å². The van der Waals surface area contributed by atoms with Gasteiger partial charge in [-0.2, -0.15) is 0 Å². The number of carbonyl (C=O) groups is 1. The number of nitrogens with zero attached hydrogens (tertiary/aromatic N) is 3. The summed E-state index contributed by atoms with van der Waals surface area (Å²) in [5.74, 6) is 1.13. The quantitative estimate of drug-likeness (QED) is 0.864. The first-order valence-corrected chi connectivity index (χ1v) is 7.88. The topological polar surface area (TPSA) is 64.4 Å². The standard InChI is InChI=1S/C17H21N3O3/c1-12(21)19-8-6-13(7-9-19)10-20-11-18-16-14(17(20)22)4-3-5-15(16)23-2/h3-5,11,13H,6-10H2,1-2H3. The molecule has 1 saturated heterocycles. The maximum absolute atomic E-state index is 12.6. The summed E-state index contributed by atoms with van der Waals surface area (Å²) in [5.41, 5.74) is 0.561. The number of hydrogen-bond donors (Lipinski definition) is 0. The molecule has 1 aliphatic heterocycles. The smallest absolute Gasteiger partial charge is 0.261 e. The lowest BCUT2D eigenvalue weighted by atomic mass is 9.96. The van der Waals surface area contributed by atoms with Crippen molar-refractivity contribution in [2.45, 2.75) is 26.3 Å². The number of ether oxygens (including phenoxy) is 1. The summed E-state index contributed by atoms with van der Waals surface area (Å²) in [6, 6.07) is 5.39. The van der Waals surface area contributed by atoms with Crippen molar-refractivity contribution in [2.24, 2.45) is 5.92 Å². The second-order valence-electron chi connectivity index (χ2n) is 6.01.